The first-order valence-corrected chi connectivity index (χ1v) is 5.51. The standard InChI is InChI=1S/C11H20O3/c1-3-8(2)14-10-6-4-9(5-7-10)11(12)13/h8-10H,3-7H2,1-2H3,(H,12,13)/t8-,9?,10?/m0/s1. The molecule has 1 atom stereocenters. The van der Waals surface area contributed by atoms with Crippen molar-refractivity contribution >= 4 is 5.97 Å². The van der Waals surface area contributed by atoms with Crippen LogP contribution in [0.1, 0.15) is 46.0 Å². The summed E-state index contributed by atoms with van der Waals surface area (Å²) in [5, 5.41) is 8.81. The molecule has 1 N–H and O–H groups in total. The minimum absolute atomic E-state index is 0.133. The maximum atomic E-state index is 10.7. The molecule has 1 aliphatic carbocycles. The van der Waals surface area contributed by atoms with Gasteiger partial charge in [0.05, 0.1) is 18.1 Å². The van der Waals surface area contributed by atoms with Crippen molar-refractivity contribution in [2.24, 2.45) is 5.92 Å². The third-order valence-electron chi connectivity index (χ3n) is 3.02. The van der Waals surface area contributed by atoms with E-state index in [0.29, 0.717) is 12.2 Å². The number of hydrogen-bond donors (Lipinski definition) is 1. The zero-order valence-corrected chi connectivity index (χ0v) is 9.03. The van der Waals surface area contributed by atoms with E-state index in [9.17, 15) is 4.79 Å². The van der Waals surface area contributed by atoms with Crippen LogP contribution in [0.5, 0.6) is 0 Å². The Bertz CT molecular complexity index is 183. The Hall–Kier alpha value is -0.570. The Morgan fingerprint density at radius 2 is 2.00 bits per heavy atom. The Morgan fingerprint density at radius 1 is 1.43 bits per heavy atom. The number of ether oxygens (including phenoxy) is 1. The van der Waals surface area contributed by atoms with Gasteiger partial charge in [-0.1, -0.05) is 6.92 Å². The van der Waals surface area contributed by atoms with Gasteiger partial charge >= 0.3 is 5.97 Å². The predicted molar refractivity (Wildman–Crippen MR) is 54.2 cm³/mol. The molecule has 0 aromatic heterocycles. The van der Waals surface area contributed by atoms with Gasteiger partial charge < -0.3 is 9.84 Å². The Labute approximate surface area is 85.5 Å². The summed E-state index contributed by atoms with van der Waals surface area (Å²) in [6.07, 6.45) is 4.98. The highest BCUT2D eigenvalue weighted by Crippen LogP contribution is 2.27. The number of aliphatic carboxylic acids is 1. The molecule has 82 valence electrons. The van der Waals surface area contributed by atoms with E-state index in [4.69, 9.17) is 9.84 Å². The van der Waals surface area contributed by atoms with E-state index < -0.39 is 5.97 Å². The first kappa shape index (κ1) is 11.5. The van der Waals surface area contributed by atoms with Crippen molar-refractivity contribution < 1.29 is 14.6 Å². The first-order valence-electron chi connectivity index (χ1n) is 5.51. The molecule has 0 aliphatic heterocycles. The average molecular weight is 200 g/mol. The van der Waals surface area contributed by atoms with Gasteiger partial charge in [0.15, 0.2) is 0 Å². The zero-order chi connectivity index (χ0) is 10.6. The SMILES string of the molecule is CC[C@H](C)OC1CCC(C(=O)O)CC1. The van der Waals surface area contributed by atoms with Crippen LogP contribution in [0, 0.1) is 5.92 Å². The average Bonchev–Trinajstić information content (AvgIpc) is 2.18. The summed E-state index contributed by atoms with van der Waals surface area (Å²) in [7, 11) is 0. The van der Waals surface area contributed by atoms with Gasteiger partial charge in [0.25, 0.3) is 0 Å². The molecule has 1 aliphatic rings. The van der Waals surface area contributed by atoms with Gasteiger partial charge in [-0.2, -0.15) is 0 Å². The molecule has 3 nitrogen and oxygen atoms in total. The molecular weight excluding hydrogens is 180 g/mol. The second-order valence-electron chi connectivity index (χ2n) is 4.17. The lowest BCUT2D eigenvalue weighted by atomic mass is 9.87. The van der Waals surface area contributed by atoms with Gasteiger partial charge in [-0.05, 0) is 39.0 Å². The molecular formula is C11H20O3. The fraction of sp³-hybridized carbons (Fsp3) is 0.909. The van der Waals surface area contributed by atoms with Crippen LogP contribution < -0.4 is 0 Å². The fourth-order valence-electron chi connectivity index (χ4n) is 1.87. The Balaban J connectivity index is 2.25. The third kappa shape index (κ3) is 3.29. The molecule has 3 heteroatoms. The molecule has 0 amide bonds. The smallest absolute Gasteiger partial charge is 0.306 e. The molecule has 14 heavy (non-hydrogen) atoms. The van der Waals surface area contributed by atoms with Gasteiger partial charge in [0.1, 0.15) is 0 Å². The molecule has 1 saturated carbocycles. The van der Waals surface area contributed by atoms with Crippen molar-refractivity contribution in [2.75, 3.05) is 0 Å². The van der Waals surface area contributed by atoms with Crippen molar-refractivity contribution in [1.29, 1.82) is 0 Å². The summed E-state index contributed by atoms with van der Waals surface area (Å²) in [4.78, 5) is 10.7. The summed E-state index contributed by atoms with van der Waals surface area (Å²) in [6, 6.07) is 0. The molecule has 0 heterocycles. The van der Waals surface area contributed by atoms with E-state index in [0.717, 1.165) is 32.1 Å². The number of carboxylic acid groups (broad SMARTS) is 1. The van der Waals surface area contributed by atoms with Crippen LogP contribution in [0.4, 0.5) is 0 Å². The van der Waals surface area contributed by atoms with Gasteiger partial charge in [-0.25, -0.2) is 0 Å². The summed E-state index contributed by atoms with van der Waals surface area (Å²) in [6.45, 7) is 4.18. The van der Waals surface area contributed by atoms with E-state index in [-0.39, 0.29) is 5.92 Å². The molecule has 0 aromatic rings. The summed E-state index contributed by atoms with van der Waals surface area (Å²) < 4.78 is 5.78. The zero-order valence-electron chi connectivity index (χ0n) is 9.03. The highest BCUT2D eigenvalue weighted by atomic mass is 16.5. The largest absolute Gasteiger partial charge is 0.481 e. The van der Waals surface area contributed by atoms with Gasteiger partial charge in [-0.15, -0.1) is 0 Å². The lowest BCUT2D eigenvalue weighted by Gasteiger charge is -2.28. The number of rotatable bonds is 4. The summed E-state index contributed by atoms with van der Waals surface area (Å²) >= 11 is 0. The maximum Gasteiger partial charge on any atom is 0.306 e. The number of hydrogen-bond acceptors (Lipinski definition) is 2. The quantitative estimate of drug-likeness (QED) is 0.758. The molecule has 0 spiro atoms. The minimum atomic E-state index is -0.646. The second-order valence-corrected chi connectivity index (χ2v) is 4.17. The maximum absolute atomic E-state index is 10.7. The second kappa shape index (κ2) is 5.35. The molecule has 0 bridgehead atoms. The molecule has 0 aromatic carbocycles. The Morgan fingerprint density at radius 3 is 2.43 bits per heavy atom. The van der Waals surface area contributed by atoms with Crippen LogP contribution in [-0.2, 0) is 9.53 Å². The normalized spacial score (nSPS) is 29.9. The fourth-order valence-corrected chi connectivity index (χ4v) is 1.87. The monoisotopic (exact) mass is 200 g/mol. The van der Waals surface area contributed by atoms with Gasteiger partial charge in [0.2, 0.25) is 0 Å². The van der Waals surface area contributed by atoms with Crippen molar-refractivity contribution in [2.45, 2.75) is 58.2 Å². The highest BCUT2D eigenvalue weighted by molar-refractivity contribution is 5.69. The van der Waals surface area contributed by atoms with Gasteiger partial charge in [-0.3, -0.25) is 4.79 Å². The van der Waals surface area contributed by atoms with E-state index >= 15 is 0 Å². The van der Waals surface area contributed by atoms with Crippen LogP contribution in [0.15, 0.2) is 0 Å². The van der Waals surface area contributed by atoms with E-state index in [1.165, 1.54) is 0 Å². The van der Waals surface area contributed by atoms with Crippen LogP contribution in [0.25, 0.3) is 0 Å². The minimum Gasteiger partial charge on any atom is -0.481 e. The van der Waals surface area contributed by atoms with E-state index in [1.807, 2.05) is 0 Å². The topological polar surface area (TPSA) is 46.5 Å². The summed E-state index contributed by atoms with van der Waals surface area (Å²) in [5.74, 6) is -0.779. The highest BCUT2D eigenvalue weighted by Gasteiger charge is 2.26. The van der Waals surface area contributed by atoms with E-state index in [1.54, 1.807) is 0 Å². The lowest BCUT2D eigenvalue weighted by Crippen LogP contribution is -2.28. The molecule has 0 saturated heterocycles. The van der Waals surface area contributed by atoms with Crippen LogP contribution in [-0.4, -0.2) is 23.3 Å². The van der Waals surface area contributed by atoms with Crippen molar-refractivity contribution in [1.82, 2.24) is 0 Å². The van der Waals surface area contributed by atoms with Crippen LogP contribution >= 0.6 is 0 Å². The van der Waals surface area contributed by atoms with E-state index in [2.05, 4.69) is 13.8 Å². The molecule has 0 unspecified atom stereocenters. The van der Waals surface area contributed by atoms with Crippen LogP contribution in [0.3, 0.4) is 0 Å². The number of carboxylic acids is 1. The van der Waals surface area contributed by atoms with Gasteiger partial charge in [0, 0.05) is 0 Å². The summed E-state index contributed by atoms with van der Waals surface area (Å²) in [5.41, 5.74) is 0. The molecule has 1 fully saturated rings. The third-order valence-corrected chi connectivity index (χ3v) is 3.02. The number of carbonyl (C=O) groups is 1. The van der Waals surface area contributed by atoms with Crippen LogP contribution in [0.2, 0.25) is 0 Å². The molecule has 0 radical (unpaired) electrons. The van der Waals surface area contributed by atoms with Crippen molar-refractivity contribution in [3.05, 3.63) is 0 Å². The lowest BCUT2D eigenvalue weighted by molar-refractivity contribution is -0.144. The Kier molecular flexibility index (Phi) is 4.39. The predicted octanol–water partition coefficient (Wildman–Crippen LogP) is 2.44. The first-order chi connectivity index (χ1) is 6.63. The van der Waals surface area contributed by atoms with Crippen molar-refractivity contribution in [3.63, 3.8) is 0 Å². The van der Waals surface area contributed by atoms with Crippen molar-refractivity contribution in [3.8, 4) is 0 Å². The molecule has 1 rings (SSSR count).